The average molecular weight is 563 g/mol. The van der Waals surface area contributed by atoms with E-state index in [0.717, 1.165) is 57.1 Å². The summed E-state index contributed by atoms with van der Waals surface area (Å²) >= 11 is 0. The zero-order valence-corrected chi connectivity index (χ0v) is 25.5. The van der Waals surface area contributed by atoms with Gasteiger partial charge in [0.15, 0.2) is 0 Å². The van der Waals surface area contributed by atoms with Crippen molar-refractivity contribution in [1.29, 1.82) is 0 Å². The van der Waals surface area contributed by atoms with Crippen LogP contribution in [0.5, 0.6) is 5.75 Å². The van der Waals surface area contributed by atoms with E-state index < -0.39 is 15.2 Å². The molecule has 0 amide bonds. The Bertz CT molecular complexity index is 692. The zero-order chi connectivity index (χ0) is 27.2. The van der Waals surface area contributed by atoms with Crippen molar-refractivity contribution in [3.05, 3.63) is 30.3 Å². The van der Waals surface area contributed by atoms with Crippen molar-refractivity contribution in [2.75, 3.05) is 45.4 Å². The van der Waals surface area contributed by atoms with Gasteiger partial charge in [-0.05, 0) is 56.6 Å². The minimum Gasteiger partial charge on any atom is -0.494 e. The maximum absolute atomic E-state index is 13.8. The van der Waals surface area contributed by atoms with E-state index in [-0.39, 0.29) is 18.2 Å². The number of para-hydroxylation sites is 1. The molecule has 0 atom stereocenters. The molecule has 0 aliphatic rings. The second kappa shape index (κ2) is 21.2. The molecule has 7 nitrogen and oxygen atoms in total. The van der Waals surface area contributed by atoms with Gasteiger partial charge in [0, 0.05) is 0 Å². The lowest BCUT2D eigenvalue weighted by molar-refractivity contribution is 0.188. The van der Waals surface area contributed by atoms with Crippen LogP contribution in [-0.2, 0) is 27.2 Å². The first-order valence-electron chi connectivity index (χ1n) is 14.3. The molecule has 0 fully saturated rings. The van der Waals surface area contributed by atoms with E-state index in [4.69, 9.17) is 22.8 Å². The molecule has 216 valence electrons. The quantitative estimate of drug-likeness (QED) is 0.0868. The van der Waals surface area contributed by atoms with Gasteiger partial charge in [0.1, 0.15) is 5.75 Å². The molecule has 0 N–H and O–H groups in total. The second-order valence-corrected chi connectivity index (χ2v) is 13.7. The molecule has 0 saturated carbocycles. The predicted molar refractivity (Wildman–Crippen MR) is 153 cm³/mol. The normalized spacial score (nSPS) is 12.4. The fourth-order valence-corrected chi connectivity index (χ4v) is 7.92. The lowest BCUT2D eigenvalue weighted by Crippen LogP contribution is -2.18. The standard InChI is InChI=1S/C28H52O7P2/c1-5-9-21-32-36(29,33-22-10-6-2)25-27(17-16-20-31-28-18-14-13-15-19-28)26-37(30,34-23-11-7-3)35-24-12-8-4/h13-15,18-19,27H,5-12,16-17,20-26H2,1-4H3. The number of unbranched alkanes of at least 4 members (excludes halogenated alkanes) is 4. The van der Waals surface area contributed by atoms with E-state index in [2.05, 4.69) is 27.7 Å². The van der Waals surface area contributed by atoms with Crippen molar-refractivity contribution in [2.24, 2.45) is 5.92 Å². The van der Waals surface area contributed by atoms with Gasteiger partial charge in [0.25, 0.3) is 0 Å². The van der Waals surface area contributed by atoms with E-state index in [0.29, 0.717) is 45.9 Å². The number of benzene rings is 1. The van der Waals surface area contributed by atoms with Gasteiger partial charge in [0.2, 0.25) is 0 Å². The molecule has 0 aromatic heterocycles. The molecule has 37 heavy (non-hydrogen) atoms. The first-order valence-corrected chi connectivity index (χ1v) is 17.8. The lowest BCUT2D eigenvalue weighted by atomic mass is 10.1. The maximum Gasteiger partial charge on any atom is 0.330 e. The minimum atomic E-state index is -3.36. The highest BCUT2D eigenvalue weighted by molar-refractivity contribution is 7.55. The maximum atomic E-state index is 13.8. The van der Waals surface area contributed by atoms with Crippen molar-refractivity contribution in [2.45, 2.75) is 91.9 Å². The van der Waals surface area contributed by atoms with Crippen molar-refractivity contribution in [3.8, 4) is 5.75 Å². The van der Waals surface area contributed by atoms with Crippen LogP contribution in [0.2, 0.25) is 0 Å². The highest BCUT2D eigenvalue weighted by Gasteiger charge is 2.35. The summed E-state index contributed by atoms with van der Waals surface area (Å²) in [5.41, 5.74) is 0. The number of ether oxygens (including phenoxy) is 1. The van der Waals surface area contributed by atoms with Gasteiger partial charge in [0.05, 0.1) is 45.4 Å². The summed E-state index contributed by atoms with van der Waals surface area (Å²) in [6.07, 6.45) is 8.81. The van der Waals surface area contributed by atoms with E-state index in [1.807, 2.05) is 30.3 Å². The van der Waals surface area contributed by atoms with Crippen molar-refractivity contribution in [1.82, 2.24) is 0 Å². The van der Waals surface area contributed by atoms with Crippen LogP contribution < -0.4 is 4.74 Å². The minimum absolute atomic E-state index is 0.198. The summed E-state index contributed by atoms with van der Waals surface area (Å²) in [4.78, 5) is 0. The number of rotatable bonds is 25. The average Bonchev–Trinajstić information content (AvgIpc) is 2.88. The lowest BCUT2D eigenvalue weighted by Gasteiger charge is -2.27. The second-order valence-electron chi connectivity index (χ2n) is 9.50. The van der Waals surface area contributed by atoms with Crippen LogP contribution in [0.15, 0.2) is 30.3 Å². The summed E-state index contributed by atoms with van der Waals surface area (Å²) in [7, 11) is -6.73. The van der Waals surface area contributed by atoms with Crippen molar-refractivity contribution < 1.29 is 32.0 Å². The SMILES string of the molecule is CCCCOP(=O)(CC(CCCOc1ccccc1)CP(=O)(OCCCC)OCCCC)OCCCC. The molecule has 0 saturated heterocycles. The van der Waals surface area contributed by atoms with Gasteiger partial charge in [-0.15, -0.1) is 0 Å². The third-order valence-electron chi connectivity index (χ3n) is 5.88. The molecule has 1 rings (SSSR count). The molecule has 0 aliphatic carbocycles. The van der Waals surface area contributed by atoms with Gasteiger partial charge in [-0.25, -0.2) is 0 Å². The zero-order valence-electron chi connectivity index (χ0n) is 23.7. The first kappa shape index (κ1) is 34.3. The molecule has 0 unspecified atom stereocenters. The van der Waals surface area contributed by atoms with Gasteiger partial charge in [-0.1, -0.05) is 71.6 Å². The summed E-state index contributed by atoms with van der Waals surface area (Å²) in [5.74, 6) is 0.606. The van der Waals surface area contributed by atoms with E-state index in [9.17, 15) is 9.13 Å². The van der Waals surface area contributed by atoms with Crippen LogP contribution in [-0.4, -0.2) is 45.4 Å². The van der Waals surface area contributed by atoms with Crippen LogP contribution in [0.25, 0.3) is 0 Å². The smallest absolute Gasteiger partial charge is 0.330 e. The van der Waals surface area contributed by atoms with Crippen LogP contribution in [0, 0.1) is 5.92 Å². The number of hydrogen-bond donors (Lipinski definition) is 0. The fourth-order valence-electron chi connectivity index (χ4n) is 3.63. The summed E-state index contributed by atoms with van der Waals surface area (Å²) in [5, 5.41) is 0. The largest absolute Gasteiger partial charge is 0.494 e. The summed E-state index contributed by atoms with van der Waals surface area (Å²) in [6, 6.07) is 9.67. The van der Waals surface area contributed by atoms with Crippen molar-refractivity contribution >= 4 is 15.2 Å². The van der Waals surface area contributed by atoms with Gasteiger partial charge in [-0.2, -0.15) is 0 Å². The molecule has 0 aliphatic heterocycles. The Morgan fingerprint density at radius 2 is 1.00 bits per heavy atom. The third kappa shape index (κ3) is 16.8. The van der Waals surface area contributed by atoms with Crippen LogP contribution in [0.3, 0.4) is 0 Å². The summed E-state index contributed by atoms with van der Waals surface area (Å²) in [6.45, 7) is 10.3. The highest BCUT2D eigenvalue weighted by Crippen LogP contribution is 2.56. The predicted octanol–water partition coefficient (Wildman–Crippen LogP) is 9.11. The molecule has 1 aromatic rings. The molecule has 1 aromatic carbocycles. The molecule has 0 bridgehead atoms. The number of hydrogen-bond acceptors (Lipinski definition) is 7. The Kier molecular flexibility index (Phi) is 19.7. The topological polar surface area (TPSA) is 80.3 Å². The Hall–Kier alpha value is -0.680. The molecule has 0 heterocycles. The van der Waals surface area contributed by atoms with Crippen LogP contribution in [0.4, 0.5) is 0 Å². The van der Waals surface area contributed by atoms with Gasteiger partial charge in [-0.3, -0.25) is 9.13 Å². The molecule has 9 heteroatoms. The fraction of sp³-hybridized carbons (Fsp3) is 0.786. The molecular weight excluding hydrogens is 510 g/mol. The molecule has 0 radical (unpaired) electrons. The molecular formula is C28H52O7P2. The van der Waals surface area contributed by atoms with Crippen LogP contribution in [0.1, 0.15) is 91.9 Å². The van der Waals surface area contributed by atoms with Gasteiger partial charge >= 0.3 is 15.2 Å². The third-order valence-corrected chi connectivity index (χ3v) is 10.1. The highest BCUT2D eigenvalue weighted by atomic mass is 31.2. The van der Waals surface area contributed by atoms with Crippen LogP contribution >= 0.6 is 15.2 Å². The Balaban J connectivity index is 2.98. The van der Waals surface area contributed by atoms with E-state index in [1.54, 1.807) is 0 Å². The molecule has 0 spiro atoms. The van der Waals surface area contributed by atoms with E-state index in [1.165, 1.54) is 0 Å². The monoisotopic (exact) mass is 562 g/mol. The van der Waals surface area contributed by atoms with Crippen molar-refractivity contribution in [3.63, 3.8) is 0 Å². The van der Waals surface area contributed by atoms with E-state index >= 15 is 0 Å². The van der Waals surface area contributed by atoms with Gasteiger partial charge < -0.3 is 22.8 Å². The summed E-state index contributed by atoms with van der Waals surface area (Å²) < 4.78 is 56.9. The Labute approximate surface area is 226 Å². The Morgan fingerprint density at radius 3 is 1.38 bits per heavy atom. The Morgan fingerprint density at radius 1 is 0.595 bits per heavy atom. The first-order chi connectivity index (χ1) is 17.9.